The highest BCUT2D eigenvalue weighted by molar-refractivity contribution is 7.79. The zero-order valence-electron chi connectivity index (χ0n) is 6.86. The highest BCUT2D eigenvalue weighted by Gasteiger charge is 2.42. The van der Waals surface area contributed by atoms with Crippen molar-refractivity contribution in [1.82, 2.24) is 0 Å². The summed E-state index contributed by atoms with van der Waals surface area (Å²) in [4.78, 5) is 0. The molecule has 0 radical (unpaired) electrons. The van der Waals surface area contributed by atoms with Crippen molar-refractivity contribution >= 4 is 11.1 Å². The van der Waals surface area contributed by atoms with Crippen LogP contribution in [-0.2, 0) is 15.8 Å². The first-order chi connectivity index (χ1) is 5.95. The highest BCUT2D eigenvalue weighted by Crippen LogP contribution is 2.22. The van der Waals surface area contributed by atoms with Crippen LogP contribution in [0.3, 0.4) is 0 Å². The minimum Gasteiger partial charge on any atom is -0.770 e. The van der Waals surface area contributed by atoms with E-state index < -0.39 is 40.9 Å². The number of hydrogen-bond donors (Lipinski definition) is 3. The van der Waals surface area contributed by atoms with Gasteiger partial charge in [0, 0.05) is 0 Å². The van der Waals surface area contributed by atoms with Gasteiger partial charge in [-0.3, -0.25) is 4.21 Å². The second-order valence-electron chi connectivity index (χ2n) is 2.94. The van der Waals surface area contributed by atoms with Crippen molar-refractivity contribution in [2.75, 3.05) is 0 Å². The lowest BCUT2D eigenvalue weighted by Gasteiger charge is -2.39. The standard InChI is InChI=1S/C6H12O6S/c1-2-3(7)4(8)5(9)6(12-2)13(10)11/h2-9H,1H3,(H,10,11)/p-1/t2-,3-,4+,5+,6?/m0/s1. The second-order valence-corrected chi connectivity index (χ2v) is 3.93. The van der Waals surface area contributed by atoms with Crippen LogP contribution in [0.15, 0.2) is 0 Å². The van der Waals surface area contributed by atoms with Crippen molar-refractivity contribution in [3.63, 3.8) is 0 Å². The molecule has 0 bridgehead atoms. The van der Waals surface area contributed by atoms with E-state index in [0.29, 0.717) is 0 Å². The normalized spacial score (nSPS) is 48.8. The minimum atomic E-state index is -2.63. The van der Waals surface area contributed by atoms with Gasteiger partial charge in [0.25, 0.3) is 0 Å². The molecule has 0 amide bonds. The molecule has 1 aliphatic heterocycles. The Morgan fingerprint density at radius 3 is 2.23 bits per heavy atom. The summed E-state index contributed by atoms with van der Waals surface area (Å²) in [5.41, 5.74) is -1.48. The fourth-order valence-electron chi connectivity index (χ4n) is 1.17. The van der Waals surface area contributed by atoms with Crippen molar-refractivity contribution in [1.29, 1.82) is 0 Å². The van der Waals surface area contributed by atoms with Gasteiger partial charge in [-0.15, -0.1) is 0 Å². The van der Waals surface area contributed by atoms with Crippen LogP contribution in [0.2, 0.25) is 0 Å². The third-order valence-electron chi connectivity index (χ3n) is 2.00. The molecule has 1 heterocycles. The molecule has 0 aromatic rings. The van der Waals surface area contributed by atoms with Crippen LogP contribution in [0.4, 0.5) is 0 Å². The van der Waals surface area contributed by atoms with E-state index in [1.165, 1.54) is 6.92 Å². The van der Waals surface area contributed by atoms with E-state index in [2.05, 4.69) is 0 Å². The fourth-order valence-corrected chi connectivity index (χ4v) is 1.83. The summed E-state index contributed by atoms with van der Waals surface area (Å²) in [6, 6.07) is 0. The predicted molar refractivity (Wildman–Crippen MR) is 41.3 cm³/mol. The summed E-state index contributed by atoms with van der Waals surface area (Å²) in [7, 11) is 0. The van der Waals surface area contributed by atoms with Crippen molar-refractivity contribution in [3.8, 4) is 0 Å². The summed E-state index contributed by atoms with van der Waals surface area (Å²) in [6.45, 7) is 1.42. The molecule has 1 rings (SSSR count). The Kier molecular flexibility index (Phi) is 3.38. The average molecular weight is 211 g/mol. The molecule has 3 N–H and O–H groups in total. The lowest BCUT2D eigenvalue weighted by molar-refractivity contribution is -0.194. The Hall–Kier alpha value is -0.0500. The molecule has 2 unspecified atom stereocenters. The predicted octanol–water partition coefficient (Wildman–Crippen LogP) is -2.31. The molecule has 0 spiro atoms. The molecule has 0 saturated carbocycles. The summed E-state index contributed by atoms with van der Waals surface area (Å²) in [5.74, 6) is 0. The lowest BCUT2D eigenvalue weighted by Crippen LogP contribution is -2.57. The summed E-state index contributed by atoms with van der Waals surface area (Å²) < 4.78 is 25.7. The third-order valence-corrected chi connectivity index (χ3v) is 2.77. The Morgan fingerprint density at radius 2 is 1.77 bits per heavy atom. The minimum absolute atomic E-state index is 0.818. The number of aliphatic hydroxyl groups is 3. The zero-order valence-corrected chi connectivity index (χ0v) is 7.68. The van der Waals surface area contributed by atoms with Crippen LogP contribution in [-0.4, -0.2) is 53.9 Å². The van der Waals surface area contributed by atoms with Gasteiger partial charge in [0.2, 0.25) is 0 Å². The first kappa shape index (κ1) is 11.0. The Labute approximate surface area is 77.4 Å². The van der Waals surface area contributed by atoms with E-state index in [-0.39, 0.29) is 0 Å². The number of rotatable bonds is 1. The van der Waals surface area contributed by atoms with Gasteiger partial charge in [-0.25, -0.2) is 0 Å². The molecular weight excluding hydrogens is 200 g/mol. The summed E-state index contributed by atoms with van der Waals surface area (Å²) >= 11 is -2.63. The Bertz CT molecular complexity index is 209. The van der Waals surface area contributed by atoms with Gasteiger partial charge in [0.05, 0.1) is 6.10 Å². The van der Waals surface area contributed by atoms with Crippen molar-refractivity contribution in [2.45, 2.75) is 36.8 Å². The topological polar surface area (TPSA) is 110 Å². The molecule has 1 saturated heterocycles. The molecule has 78 valence electrons. The lowest BCUT2D eigenvalue weighted by atomic mass is 10.0. The Balaban J connectivity index is 2.76. The van der Waals surface area contributed by atoms with E-state index in [9.17, 15) is 19.0 Å². The van der Waals surface area contributed by atoms with E-state index in [0.717, 1.165) is 0 Å². The molecule has 0 aromatic carbocycles. The molecule has 6 atom stereocenters. The highest BCUT2D eigenvalue weighted by atomic mass is 32.2. The largest absolute Gasteiger partial charge is 0.770 e. The van der Waals surface area contributed by atoms with E-state index in [1.807, 2.05) is 0 Å². The quantitative estimate of drug-likeness (QED) is 0.420. The van der Waals surface area contributed by atoms with Crippen LogP contribution in [0.5, 0.6) is 0 Å². The third kappa shape index (κ3) is 2.06. The van der Waals surface area contributed by atoms with Crippen LogP contribution < -0.4 is 0 Å². The molecule has 13 heavy (non-hydrogen) atoms. The Morgan fingerprint density at radius 1 is 1.23 bits per heavy atom. The zero-order chi connectivity index (χ0) is 10.2. The summed E-state index contributed by atoms with van der Waals surface area (Å²) in [6.07, 6.45) is -5.19. The molecular formula is C6H11O6S-. The number of ether oxygens (including phenoxy) is 1. The van der Waals surface area contributed by atoms with E-state index >= 15 is 0 Å². The van der Waals surface area contributed by atoms with Gasteiger partial charge >= 0.3 is 0 Å². The van der Waals surface area contributed by atoms with Gasteiger partial charge < -0.3 is 24.6 Å². The van der Waals surface area contributed by atoms with E-state index in [4.69, 9.17) is 9.84 Å². The van der Waals surface area contributed by atoms with Crippen molar-refractivity contribution in [3.05, 3.63) is 0 Å². The van der Waals surface area contributed by atoms with Crippen LogP contribution in [0, 0.1) is 0 Å². The maximum atomic E-state index is 10.5. The van der Waals surface area contributed by atoms with Gasteiger partial charge in [-0.1, -0.05) is 0 Å². The molecule has 1 fully saturated rings. The maximum Gasteiger partial charge on any atom is 0.148 e. The first-order valence-electron chi connectivity index (χ1n) is 3.73. The van der Waals surface area contributed by atoms with Crippen LogP contribution in [0.1, 0.15) is 6.92 Å². The van der Waals surface area contributed by atoms with Crippen molar-refractivity contribution in [2.24, 2.45) is 0 Å². The molecule has 0 aromatic heterocycles. The average Bonchev–Trinajstić information content (AvgIpc) is 2.07. The summed E-state index contributed by atoms with van der Waals surface area (Å²) in [5, 5.41) is 27.5. The molecule has 1 aliphatic rings. The number of aliphatic hydroxyl groups excluding tert-OH is 3. The first-order valence-corrected chi connectivity index (χ1v) is 4.86. The second kappa shape index (κ2) is 3.99. The van der Waals surface area contributed by atoms with Crippen LogP contribution >= 0.6 is 0 Å². The van der Waals surface area contributed by atoms with Gasteiger partial charge in [-0.05, 0) is 18.0 Å². The maximum absolute atomic E-state index is 10.5. The van der Waals surface area contributed by atoms with Crippen LogP contribution in [0.25, 0.3) is 0 Å². The smallest absolute Gasteiger partial charge is 0.148 e. The van der Waals surface area contributed by atoms with E-state index in [1.54, 1.807) is 0 Å². The van der Waals surface area contributed by atoms with Crippen molar-refractivity contribution < 1.29 is 28.8 Å². The number of hydrogen-bond acceptors (Lipinski definition) is 6. The monoisotopic (exact) mass is 211 g/mol. The fraction of sp³-hybridized carbons (Fsp3) is 1.00. The molecule has 0 aliphatic carbocycles. The van der Waals surface area contributed by atoms with Gasteiger partial charge in [0.15, 0.2) is 0 Å². The van der Waals surface area contributed by atoms with Gasteiger partial charge in [-0.2, -0.15) is 0 Å². The SMILES string of the molecule is C[C@@H]1OC(S(=O)[O-])[C@H](O)[C@H](O)[C@H]1O. The van der Waals surface area contributed by atoms with Gasteiger partial charge in [0.1, 0.15) is 23.7 Å². The molecule has 6 nitrogen and oxygen atoms in total. The molecule has 7 heteroatoms.